The van der Waals surface area contributed by atoms with E-state index >= 15 is 4.57 Å². The second kappa shape index (κ2) is 9.76. The fraction of sp³-hybridized carbons (Fsp3) is 0.0769. The van der Waals surface area contributed by atoms with Crippen LogP contribution in [0.1, 0.15) is 16.9 Å². The first-order chi connectivity index (χ1) is 15.1. The van der Waals surface area contributed by atoms with Crippen LogP contribution in [0.25, 0.3) is 0 Å². The number of hydrogen-bond acceptors (Lipinski definition) is 3. The van der Waals surface area contributed by atoms with Crippen molar-refractivity contribution < 1.29 is 9.77 Å². The Morgan fingerprint density at radius 3 is 1.65 bits per heavy atom. The Hall–Kier alpha value is -2.49. The Morgan fingerprint density at radius 1 is 0.710 bits per heavy atom. The Balaban J connectivity index is 1.90. The molecule has 5 heteroatoms. The van der Waals surface area contributed by atoms with Crippen LogP contribution in [0, 0.1) is 0 Å². The quantitative estimate of drug-likeness (QED) is 0.241. The second-order valence-corrected chi connectivity index (χ2v) is 11.1. The molecule has 0 heterocycles. The van der Waals surface area contributed by atoms with Crippen LogP contribution < -0.4 is 10.6 Å². The van der Waals surface area contributed by atoms with Crippen LogP contribution in [0.2, 0.25) is 0 Å². The highest BCUT2D eigenvalue weighted by atomic mass is 79.9. The first-order valence-corrected chi connectivity index (χ1v) is 12.6. The summed E-state index contributed by atoms with van der Waals surface area (Å²) in [4.78, 5) is 0. The molecule has 4 aromatic carbocycles. The highest BCUT2D eigenvalue weighted by molar-refractivity contribution is 9.10. The molecule has 0 amide bonds. The van der Waals surface area contributed by atoms with E-state index in [0.29, 0.717) is 10.6 Å². The van der Waals surface area contributed by atoms with E-state index in [1.54, 1.807) is 0 Å². The first-order valence-electron chi connectivity index (χ1n) is 10.0. The lowest BCUT2D eigenvalue weighted by molar-refractivity contribution is -0.114. The van der Waals surface area contributed by atoms with E-state index in [-0.39, 0.29) is 6.54 Å². The Bertz CT molecular complexity index is 1110. The average molecular weight is 492 g/mol. The van der Waals surface area contributed by atoms with Crippen LogP contribution >= 0.6 is 23.1 Å². The van der Waals surface area contributed by atoms with Crippen LogP contribution in [-0.4, -0.2) is 10.3 Å². The zero-order valence-electron chi connectivity index (χ0n) is 16.9. The zero-order valence-corrected chi connectivity index (χ0v) is 19.4. The lowest BCUT2D eigenvalue weighted by atomic mass is 10.2. The molecule has 3 nitrogen and oxygen atoms in total. The van der Waals surface area contributed by atoms with Gasteiger partial charge in [-0.2, -0.15) is 5.06 Å². The summed E-state index contributed by atoms with van der Waals surface area (Å²) in [6, 6.07) is 36.3. The Labute approximate surface area is 191 Å². The molecule has 0 aromatic heterocycles. The van der Waals surface area contributed by atoms with E-state index in [4.69, 9.17) is 0 Å². The standard InChI is InChI=1S/C26H23BrNO2P/c27-23-18-16-22(17-19-23)26(28(29)20-21-10-4-1-5-11-21)31(30,24-12-6-2-7-13-24)25-14-8-3-9-15-25/h1-19,26,29H,20H2. The maximum atomic E-state index is 15.0. The van der Waals surface area contributed by atoms with Crippen molar-refractivity contribution >= 4 is 33.7 Å². The molecular weight excluding hydrogens is 469 g/mol. The van der Waals surface area contributed by atoms with E-state index in [1.807, 2.05) is 115 Å². The number of benzene rings is 4. The van der Waals surface area contributed by atoms with Crippen molar-refractivity contribution in [2.75, 3.05) is 0 Å². The minimum absolute atomic E-state index is 0.255. The molecule has 0 aliphatic rings. The number of hydroxylamine groups is 2. The third-order valence-corrected chi connectivity index (χ3v) is 9.17. The van der Waals surface area contributed by atoms with E-state index < -0.39 is 12.9 Å². The van der Waals surface area contributed by atoms with Crippen molar-refractivity contribution in [1.29, 1.82) is 0 Å². The number of nitrogens with zero attached hydrogens (tertiary/aromatic N) is 1. The van der Waals surface area contributed by atoms with Crippen molar-refractivity contribution in [3.8, 4) is 0 Å². The third kappa shape index (κ3) is 4.73. The summed E-state index contributed by atoms with van der Waals surface area (Å²) >= 11 is 3.48. The lowest BCUT2D eigenvalue weighted by Gasteiger charge is -2.34. The minimum Gasteiger partial charge on any atom is -0.313 e. The first kappa shape index (κ1) is 21.7. The monoisotopic (exact) mass is 491 g/mol. The van der Waals surface area contributed by atoms with Gasteiger partial charge in [0.05, 0.1) is 6.54 Å². The summed E-state index contributed by atoms with van der Waals surface area (Å²) in [5, 5.41) is 14.0. The fourth-order valence-corrected chi connectivity index (χ4v) is 7.20. The van der Waals surface area contributed by atoms with Gasteiger partial charge in [0.15, 0.2) is 7.14 Å². The maximum absolute atomic E-state index is 15.0. The normalized spacial score (nSPS) is 12.6. The van der Waals surface area contributed by atoms with E-state index in [2.05, 4.69) is 15.9 Å². The van der Waals surface area contributed by atoms with Gasteiger partial charge >= 0.3 is 0 Å². The van der Waals surface area contributed by atoms with Gasteiger partial charge in [0.2, 0.25) is 0 Å². The minimum atomic E-state index is -3.30. The van der Waals surface area contributed by atoms with Crippen LogP contribution in [0.4, 0.5) is 0 Å². The molecule has 0 aliphatic heterocycles. The van der Waals surface area contributed by atoms with Gasteiger partial charge in [-0.3, -0.25) is 0 Å². The summed E-state index contributed by atoms with van der Waals surface area (Å²) in [6.45, 7) is 0.255. The molecule has 0 saturated carbocycles. The van der Waals surface area contributed by atoms with Crippen LogP contribution in [0.3, 0.4) is 0 Å². The molecule has 4 aromatic rings. The summed E-state index contributed by atoms with van der Waals surface area (Å²) < 4.78 is 15.9. The Morgan fingerprint density at radius 2 is 1.16 bits per heavy atom. The van der Waals surface area contributed by atoms with Crippen LogP contribution in [0.5, 0.6) is 0 Å². The van der Waals surface area contributed by atoms with E-state index in [1.165, 1.54) is 5.06 Å². The molecule has 0 spiro atoms. The Kier molecular flexibility index (Phi) is 6.84. The van der Waals surface area contributed by atoms with Crippen molar-refractivity contribution in [2.45, 2.75) is 12.3 Å². The average Bonchev–Trinajstić information content (AvgIpc) is 2.82. The number of hydrogen-bond donors (Lipinski definition) is 1. The van der Waals surface area contributed by atoms with Crippen LogP contribution in [-0.2, 0) is 11.1 Å². The van der Waals surface area contributed by atoms with Gasteiger partial charge < -0.3 is 9.77 Å². The second-order valence-electron chi connectivity index (χ2n) is 7.34. The highest BCUT2D eigenvalue weighted by Crippen LogP contribution is 2.58. The summed E-state index contributed by atoms with van der Waals surface area (Å²) in [5.41, 5.74) is 1.73. The van der Waals surface area contributed by atoms with Gasteiger partial charge in [0, 0.05) is 15.1 Å². The van der Waals surface area contributed by atoms with Crippen molar-refractivity contribution in [3.05, 3.63) is 131 Å². The largest absolute Gasteiger partial charge is 0.313 e. The predicted octanol–water partition coefficient (Wildman–Crippen LogP) is 6.35. The molecule has 1 atom stereocenters. The molecule has 31 heavy (non-hydrogen) atoms. The van der Waals surface area contributed by atoms with Crippen molar-refractivity contribution in [1.82, 2.24) is 5.06 Å². The molecule has 0 fully saturated rings. The molecule has 0 saturated heterocycles. The molecule has 0 aliphatic carbocycles. The van der Waals surface area contributed by atoms with Gasteiger partial charge in [0.25, 0.3) is 0 Å². The van der Waals surface area contributed by atoms with Gasteiger partial charge in [-0.1, -0.05) is 119 Å². The molecule has 1 unspecified atom stereocenters. The highest BCUT2D eigenvalue weighted by Gasteiger charge is 2.41. The molecule has 4 rings (SSSR count). The molecule has 0 radical (unpaired) electrons. The summed E-state index contributed by atoms with van der Waals surface area (Å²) in [7, 11) is -3.30. The van der Waals surface area contributed by atoms with Gasteiger partial charge in [-0.05, 0) is 23.3 Å². The van der Waals surface area contributed by atoms with Crippen molar-refractivity contribution in [2.24, 2.45) is 0 Å². The summed E-state index contributed by atoms with van der Waals surface area (Å²) in [5.74, 6) is -0.745. The smallest absolute Gasteiger partial charge is 0.166 e. The predicted molar refractivity (Wildman–Crippen MR) is 130 cm³/mol. The lowest BCUT2D eigenvalue weighted by Crippen LogP contribution is -2.32. The van der Waals surface area contributed by atoms with Gasteiger partial charge in [-0.15, -0.1) is 0 Å². The topological polar surface area (TPSA) is 40.5 Å². The van der Waals surface area contributed by atoms with E-state index in [9.17, 15) is 5.21 Å². The fourth-order valence-electron chi connectivity index (χ4n) is 3.79. The zero-order chi connectivity index (χ0) is 21.7. The van der Waals surface area contributed by atoms with Crippen LogP contribution in [0.15, 0.2) is 120 Å². The van der Waals surface area contributed by atoms with E-state index in [0.717, 1.165) is 15.6 Å². The van der Waals surface area contributed by atoms with Crippen molar-refractivity contribution in [3.63, 3.8) is 0 Å². The third-order valence-electron chi connectivity index (χ3n) is 5.26. The summed E-state index contributed by atoms with van der Waals surface area (Å²) in [6.07, 6.45) is 0. The number of rotatable bonds is 7. The SMILES string of the molecule is O=P(c1ccccc1)(c1ccccc1)C(c1ccc(Br)cc1)N(O)Cc1ccccc1. The molecular formula is C26H23BrNO2P. The maximum Gasteiger partial charge on any atom is 0.166 e. The van der Waals surface area contributed by atoms with Gasteiger partial charge in [0.1, 0.15) is 5.78 Å². The molecule has 0 bridgehead atoms. The molecule has 1 N–H and O–H groups in total. The van der Waals surface area contributed by atoms with Gasteiger partial charge in [-0.25, -0.2) is 0 Å². The number of halogens is 1. The molecule has 156 valence electrons.